The number of benzene rings is 2. The molecule has 2 aliphatic heterocycles. The Balaban J connectivity index is 1.50. The number of esters is 2. The van der Waals surface area contributed by atoms with E-state index in [0.29, 0.717) is 33.5 Å². The van der Waals surface area contributed by atoms with E-state index in [0.717, 1.165) is 0 Å². The molecule has 39 heavy (non-hydrogen) atoms. The van der Waals surface area contributed by atoms with Crippen molar-refractivity contribution in [2.24, 2.45) is 0 Å². The summed E-state index contributed by atoms with van der Waals surface area (Å²) in [5.41, 5.74) is 0.333. The number of carbonyl (C=O) groups excluding carboxylic acids is 2. The van der Waals surface area contributed by atoms with Gasteiger partial charge in [0.1, 0.15) is 6.61 Å². The SMILES string of the molecule is [C-]#[N+]c1ccc(C(=O)O[C@]2(CC)C(=O)OCc3c2cc2n(c3=O)Cc3cc4c([N+](=O)[O-])cccc4nc3-2)cc1. The zero-order valence-electron chi connectivity index (χ0n) is 20.5. The molecule has 0 saturated heterocycles. The van der Waals surface area contributed by atoms with Crippen molar-refractivity contribution in [3.63, 3.8) is 0 Å². The maximum Gasteiger partial charge on any atom is 0.355 e. The highest BCUT2D eigenvalue weighted by molar-refractivity contribution is 5.95. The van der Waals surface area contributed by atoms with Gasteiger partial charge in [0.2, 0.25) is 5.60 Å². The number of nitro benzene ring substituents is 1. The number of nitro groups is 1. The highest BCUT2D eigenvalue weighted by Crippen LogP contribution is 2.42. The largest absolute Gasteiger partial charge is 0.457 e. The maximum absolute atomic E-state index is 13.6. The number of fused-ring (bicyclic) bond motifs is 5. The average Bonchev–Trinajstić information content (AvgIpc) is 3.30. The topological polar surface area (TPSA) is 135 Å². The van der Waals surface area contributed by atoms with E-state index in [1.807, 2.05) is 0 Å². The van der Waals surface area contributed by atoms with Gasteiger partial charge < -0.3 is 14.0 Å². The minimum Gasteiger partial charge on any atom is -0.457 e. The number of carbonyl (C=O) groups is 2. The van der Waals surface area contributed by atoms with Crippen LogP contribution in [0, 0.1) is 16.7 Å². The van der Waals surface area contributed by atoms with Gasteiger partial charge in [-0.1, -0.05) is 37.3 Å². The summed E-state index contributed by atoms with van der Waals surface area (Å²) in [5.74, 6) is -1.61. The van der Waals surface area contributed by atoms with Crippen molar-refractivity contribution in [1.29, 1.82) is 0 Å². The minimum atomic E-state index is -1.88. The summed E-state index contributed by atoms with van der Waals surface area (Å²) in [4.78, 5) is 58.9. The Kier molecular flexibility index (Phi) is 5.29. The van der Waals surface area contributed by atoms with E-state index in [1.165, 1.54) is 41.0 Å². The first-order valence-corrected chi connectivity index (χ1v) is 12.0. The molecule has 11 heteroatoms. The summed E-state index contributed by atoms with van der Waals surface area (Å²) < 4.78 is 12.6. The molecule has 0 spiro atoms. The quantitative estimate of drug-likeness (QED) is 0.147. The van der Waals surface area contributed by atoms with Crippen LogP contribution in [-0.4, -0.2) is 26.4 Å². The van der Waals surface area contributed by atoms with Crippen LogP contribution in [-0.2, 0) is 33.0 Å². The van der Waals surface area contributed by atoms with Crippen LogP contribution in [0.25, 0.3) is 27.1 Å². The molecule has 0 amide bonds. The van der Waals surface area contributed by atoms with Crippen molar-refractivity contribution in [3.05, 3.63) is 109 Å². The summed E-state index contributed by atoms with van der Waals surface area (Å²) in [5, 5.41) is 11.9. The molecule has 2 aliphatic rings. The zero-order valence-corrected chi connectivity index (χ0v) is 20.5. The van der Waals surface area contributed by atoms with Gasteiger partial charge in [0.05, 0.1) is 51.5 Å². The molecular formula is C28H18N4O7. The lowest BCUT2D eigenvalue weighted by molar-refractivity contribution is -0.383. The number of aromatic nitrogens is 2. The molecule has 2 aromatic carbocycles. The number of hydrogen-bond acceptors (Lipinski definition) is 8. The first kappa shape index (κ1) is 24.0. The highest BCUT2D eigenvalue weighted by Gasteiger charge is 2.50. The summed E-state index contributed by atoms with van der Waals surface area (Å²) in [6.45, 7) is 8.57. The molecular weight excluding hydrogens is 504 g/mol. The van der Waals surface area contributed by atoms with E-state index in [2.05, 4.69) is 9.83 Å². The Morgan fingerprint density at radius 2 is 2.00 bits per heavy atom. The van der Waals surface area contributed by atoms with Crippen LogP contribution in [0.1, 0.15) is 40.4 Å². The van der Waals surface area contributed by atoms with E-state index in [1.54, 1.807) is 25.1 Å². The Morgan fingerprint density at radius 3 is 2.69 bits per heavy atom. The standard InChI is InChI=1S/C28H18N4O7/c1-3-28(39-26(34)15-7-9-17(29-2)10-8-15)20-12-23-24-16(13-31(23)25(33)19(20)14-38-27(28)35)11-18-21(30-24)5-4-6-22(18)32(36)37/h4-12H,3,13-14H2,1H3/t28-/m0/s1. The Bertz CT molecular complexity index is 1850. The number of pyridine rings is 2. The van der Waals surface area contributed by atoms with Gasteiger partial charge in [-0.3, -0.25) is 14.9 Å². The Morgan fingerprint density at radius 1 is 1.23 bits per heavy atom. The molecule has 0 N–H and O–H groups in total. The molecule has 4 aromatic rings. The summed E-state index contributed by atoms with van der Waals surface area (Å²) >= 11 is 0. The van der Waals surface area contributed by atoms with Gasteiger partial charge in [0, 0.05) is 17.2 Å². The molecule has 0 fully saturated rings. The van der Waals surface area contributed by atoms with Gasteiger partial charge in [0.15, 0.2) is 5.69 Å². The lowest BCUT2D eigenvalue weighted by Gasteiger charge is -2.35. The van der Waals surface area contributed by atoms with Crippen LogP contribution in [0.4, 0.5) is 11.4 Å². The number of rotatable bonds is 4. The fraction of sp³-hybridized carbons (Fsp3) is 0.179. The van der Waals surface area contributed by atoms with Gasteiger partial charge in [-0.2, -0.15) is 0 Å². The molecule has 4 heterocycles. The second kappa shape index (κ2) is 8.59. The van der Waals surface area contributed by atoms with Crippen LogP contribution in [0.15, 0.2) is 59.4 Å². The highest BCUT2D eigenvalue weighted by atomic mass is 16.6. The van der Waals surface area contributed by atoms with E-state index in [-0.39, 0.29) is 42.0 Å². The van der Waals surface area contributed by atoms with E-state index >= 15 is 0 Å². The van der Waals surface area contributed by atoms with Crippen LogP contribution in [0.5, 0.6) is 0 Å². The summed E-state index contributed by atoms with van der Waals surface area (Å²) in [7, 11) is 0. The first-order chi connectivity index (χ1) is 18.8. The van der Waals surface area contributed by atoms with Gasteiger partial charge >= 0.3 is 11.9 Å². The fourth-order valence-electron chi connectivity index (χ4n) is 5.19. The fourth-order valence-corrected chi connectivity index (χ4v) is 5.19. The van der Waals surface area contributed by atoms with E-state index < -0.39 is 28.0 Å². The monoisotopic (exact) mass is 522 g/mol. The predicted molar refractivity (Wildman–Crippen MR) is 137 cm³/mol. The van der Waals surface area contributed by atoms with Crippen molar-refractivity contribution in [1.82, 2.24) is 9.55 Å². The van der Waals surface area contributed by atoms with Crippen molar-refractivity contribution in [2.75, 3.05) is 0 Å². The van der Waals surface area contributed by atoms with Crippen molar-refractivity contribution in [3.8, 4) is 11.4 Å². The molecule has 0 radical (unpaired) electrons. The Labute approximate surface area is 220 Å². The molecule has 192 valence electrons. The smallest absolute Gasteiger partial charge is 0.355 e. The van der Waals surface area contributed by atoms with Crippen molar-refractivity contribution in [2.45, 2.75) is 32.1 Å². The summed E-state index contributed by atoms with van der Waals surface area (Å²) in [6.07, 6.45) is -0.00218. The van der Waals surface area contributed by atoms with Gasteiger partial charge in [-0.05, 0) is 24.6 Å². The molecule has 1 atom stereocenters. The van der Waals surface area contributed by atoms with Gasteiger partial charge in [0.25, 0.3) is 11.2 Å². The number of nitrogens with zero attached hydrogens (tertiary/aromatic N) is 4. The second-order valence-electron chi connectivity index (χ2n) is 9.22. The average molecular weight is 522 g/mol. The normalized spacial score (nSPS) is 17.0. The number of hydrogen-bond donors (Lipinski definition) is 0. The molecule has 0 saturated carbocycles. The first-order valence-electron chi connectivity index (χ1n) is 12.0. The van der Waals surface area contributed by atoms with Crippen LogP contribution in [0.2, 0.25) is 0 Å². The maximum atomic E-state index is 13.6. The number of cyclic esters (lactones) is 1. The Hall–Kier alpha value is -5.37. The van der Waals surface area contributed by atoms with Crippen LogP contribution >= 0.6 is 0 Å². The number of ether oxygens (including phenoxy) is 2. The predicted octanol–water partition coefficient (Wildman–Crippen LogP) is 4.40. The van der Waals surface area contributed by atoms with Gasteiger partial charge in [-0.15, -0.1) is 0 Å². The third kappa shape index (κ3) is 3.49. The zero-order chi connectivity index (χ0) is 27.5. The number of non-ortho nitro benzene ring substituents is 1. The lowest BCUT2D eigenvalue weighted by Crippen LogP contribution is -2.47. The molecule has 0 unspecified atom stereocenters. The summed E-state index contributed by atoms with van der Waals surface area (Å²) in [6, 6.07) is 13.6. The van der Waals surface area contributed by atoms with Crippen molar-refractivity contribution < 1.29 is 24.0 Å². The van der Waals surface area contributed by atoms with E-state index in [4.69, 9.17) is 16.0 Å². The van der Waals surface area contributed by atoms with Crippen molar-refractivity contribution >= 4 is 34.2 Å². The van der Waals surface area contributed by atoms with E-state index in [9.17, 15) is 24.5 Å². The molecule has 0 bridgehead atoms. The third-order valence-electron chi connectivity index (χ3n) is 7.19. The molecule has 6 rings (SSSR count). The third-order valence-corrected chi connectivity index (χ3v) is 7.19. The minimum absolute atomic E-state index is 0.00218. The lowest BCUT2D eigenvalue weighted by atomic mass is 9.85. The van der Waals surface area contributed by atoms with Crippen LogP contribution < -0.4 is 5.56 Å². The molecule has 0 aliphatic carbocycles. The second-order valence-corrected chi connectivity index (χ2v) is 9.22. The molecule has 2 aromatic heterocycles. The van der Waals surface area contributed by atoms with Crippen LogP contribution in [0.3, 0.4) is 0 Å². The molecule has 11 nitrogen and oxygen atoms in total. The van der Waals surface area contributed by atoms with Gasteiger partial charge in [-0.25, -0.2) is 19.4 Å².